The first-order chi connectivity index (χ1) is 11.5. The van der Waals surface area contributed by atoms with Crippen molar-refractivity contribution in [1.82, 2.24) is 14.9 Å². The van der Waals surface area contributed by atoms with E-state index in [4.69, 9.17) is 5.73 Å². The van der Waals surface area contributed by atoms with E-state index < -0.39 is 5.91 Å². The third-order valence-electron chi connectivity index (χ3n) is 3.93. The Hall–Kier alpha value is -3.15. The first-order valence-corrected chi connectivity index (χ1v) is 7.54. The van der Waals surface area contributed by atoms with Crippen molar-refractivity contribution in [3.05, 3.63) is 65.1 Å². The quantitative estimate of drug-likeness (QED) is 0.771. The molecule has 0 aliphatic carbocycles. The average Bonchev–Trinajstić information content (AvgIpc) is 2.96. The van der Waals surface area contributed by atoms with Crippen molar-refractivity contribution in [2.45, 2.75) is 13.5 Å². The summed E-state index contributed by atoms with van der Waals surface area (Å²) in [7, 11) is 1.72. The lowest BCUT2D eigenvalue weighted by atomic mass is 10.1. The highest BCUT2D eigenvalue weighted by atomic mass is 16.2. The van der Waals surface area contributed by atoms with Gasteiger partial charge in [-0.3, -0.25) is 14.6 Å². The minimum atomic E-state index is -0.582. The summed E-state index contributed by atoms with van der Waals surface area (Å²) < 4.78 is 0. The maximum atomic E-state index is 12.6. The van der Waals surface area contributed by atoms with Crippen molar-refractivity contribution in [2.24, 2.45) is 5.73 Å². The number of primary amides is 1. The van der Waals surface area contributed by atoms with E-state index in [0.29, 0.717) is 17.8 Å². The summed E-state index contributed by atoms with van der Waals surface area (Å²) >= 11 is 0. The van der Waals surface area contributed by atoms with Gasteiger partial charge in [0.05, 0.1) is 5.52 Å². The van der Waals surface area contributed by atoms with Gasteiger partial charge in [0.1, 0.15) is 11.4 Å². The molecule has 0 atom stereocenters. The molecule has 2 aromatic heterocycles. The summed E-state index contributed by atoms with van der Waals surface area (Å²) in [4.78, 5) is 32.5. The summed E-state index contributed by atoms with van der Waals surface area (Å²) in [5, 5.41) is 1.03. The summed E-state index contributed by atoms with van der Waals surface area (Å²) in [6.07, 6.45) is 1.75. The molecule has 3 rings (SSSR count). The van der Waals surface area contributed by atoms with E-state index in [1.807, 2.05) is 30.3 Å². The number of hydrogen-bond donors (Lipinski definition) is 2. The van der Waals surface area contributed by atoms with E-state index in [0.717, 1.165) is 16.5 Å². The third kappa shape index (κ3) is 2.99. The molecule has 6 nitrogen and oxygen atoms in total. The predicted molar refractivity (Wildman–Crippen MR) is 91.6 cm³/mol. The predicted octanol–water partition coefficient (Wildman–Crippen LogP) is 2.24. The fourth-order valence-corrected chi connectivity index (χ4v) is 2.67. The van der Waals surface area contributed by atoms with Crippen LogP contribution in [-0.2, 0) is 6.54 Å². The van der Waals surface area contributed by atoms with E-state index in [1.165, 1.54) is 0 Å². The fraction of sp³-hybridized carbons (Fsp3) is 0.167. The number of nitrogens with zero attached hydrogens (tertiary/aromatic N) is 2. The van der Waals surface area contributed by atoms with Crippen LogP contribution >= 0.6 is 0 Å². The van der Waals surface area contributed by atoms with Crippen molar-refractivity contribution < 1.29 is 9.59 Å². The second-order valence-corrected chi connectivity index (χ2v) is 5.80. The highest BCUT2D eigenvalue weighted by Gasteiger charge is 2.18. The van der Waals surface area contributed by atoms with Crippen LogP contribution in [0.4, 0.5) is 0 Å². The summed E-state index contributed by atoms with van der Waals surface area (Å²) in [5.41, 5.74) is 8.49. The first-order valence-electron chi connectivity index (χ1n) is 7.54. The van der Waals surface area contributed by atoms with Gasteiger partial charge in [0.2, 0.25) is 0 Å². The van der Waals surface area contributed by atoms with Crippen LogP contribution in [0.5, 0.6) is 0 Å². The first kappa shape index (κ1) is 15.7. The molecule has 0 aliphatic rings. The molecule has 122 valence electrons. The normalized spacial score (nSPS) is 10.8. The van der Waals surface area contributed by atoms with Crippen LogP contribution in [0.1, 0.15) is 32.1 Å². The maximum absolute atomic E-state index is 12.6. The zero-order valence-electron chi connectivity index (χ0n) is 13.5. The van der Waals surface area contributed by atoms with Crippen LogP contribution in [0.3, 0.4) is 0 Å². The molecule has 2 amide bonds. The number of amides is 2. The van der Waals surface area contributed by atoms with Crippen LogP contribution in [0.2, 0.25) is 0 Å². The molecule has 0 saturated heterocycles. The van der Waals surface area contributed by atoms with E-state index in [9.17, 15) is 9.59 Å². The molecule has 3 aromatic rings. The number of carbonyl (C=O) groups is 2. The molecular weight excluding hydrogens is 304 g/mol. The number of carbonyl (C=O) groups excluding carboxylic acids is 2. The lowest BCUT2D eigenvalue weighted by Crippen LogP contribution is -2.27. The Labute approximate surface area is 139 Å². The molecule has 1 aromatic carbocycles. The molecule has 0 aliphatic heterocycles. The zero-order valence-corrected chi connectivity index (χ0v) is 13.5. The molecule has 0 spiro atoms. The highest BCUT2D eigenvalue weighted by molar-refractivity contribution is 5.98. The molecule has 0 fully saturated rings. The van der Waals surface area contributed by atoms with Gasteiger partial charge in [-0.1, -0.05) is 12.1 Å². The number of nitrogens with one attached hydrogen (secondary N) is 1. The van der Waals surface area contributed by atoms with Crippen molar-refractivity contribution in [3.63, 3.8) is 0 Å². The molecular formula is C18H18N4O2. The summed E-state index contributed by atoms with van der Waals surface area (Å²) in [6.45, 7) is 2.22. The summed E-state index contributed by atoms with van der Waals surface area (Å²) in [5.74, 6) is -0.770. The van der Waals surface area contributed by atoms with Crippen LogP contribution < -0.4 is 5.73 Å². The molecule has 2 heterocycles. The van der Waals surface area contributed by atoms with Crippen LogP contribution in [0.25, 0.3) is 10.9 Å². The number of rotatable bonds is 4. The number of benzene rings is 1. The fourth-order valence-electron chi connectivity index (χ4n) is 2.67. The lowest BCUT2D eigenvalue weighted by Gasteiger charge is -2.17. The molecule has 0 saturated carbocycles. The largest absolute Gasteiger partial charge is 0.364 e. The lowest BCUT2D eigenvalue weighted by molar-refractivity contribution is 0.0779. The molecule has 0 unspecified atom stereocenters. The van der Waals surface area contributed by atoms with Gasteiger partial charge in [-0.15, -0.1) is 0 Å². The van der Waals surface area contributed by atoms with E-state index in [-0.39, 0.29) is 11.6 Å². The van der Waals surface area contributed by atoms with Crippen LogP contribution in [0.15, 0.2) is 42.6 Å². The highest BCUT2D eigenvalue weighted by Crippen LogP contribution is 2.17. The van der Waals surface area contributed by atoms with Crippen LogP contribution in [0, 0.1) is 6.92 Å². The monoisotopic (exact) mass is 322 g/mol. The van der Waals surface area contributed by atoms with Gasteiger partial charge < -0.3 is 15.6 Å². The molecule has 3 N–H and O–H groups in total. The number of aromatic nitrogens is 2. The van der Waals surface area contributed by atoms with Gasteiger partial charge >= 0.3 is 0 Å². The second kappa shape index (κ2) is 6.16. The molecule has 6 heteroatoms. The SMILES string of the molecule is Cc1cc(C(N)=O)[nH]c1C(=O)N(C)Cc1ccc2ncccc2c1. The van der Waals surface area contributed by atoms with E-state index in [2.05, 4.69) is 9.97 Å². The number of aryl methyl sites for hydroxylation is 1. The minimum Gasteiger partial charge on any atom is -0.364 e. The molecule has 24 heavy (non-hydrogen) atoms. The van der Waals surface area contributed by atoms with Gasteiger partial charge in [0, 0.05) is 25.2 Å². The van der Waals surface area contributed by atoms with Gasteiger partial charge in [0.25, 0.3) is 11.8 Å². The Bertz CT molecular complexity index is 930. The van der Waals surface area contributed by atoms with Crippen molar-refractivity contribution in [3.8, 4) is 0 Å². The van der Waals surface area contributed by atoms with Gasteiger partial charge in [0.15, 0.2) is 0 Å². The van der Waals surface area contributed by atoms with Crippen LogP contribution in [-0.4, -0.2) is 33.7 Å². The topological polar surface area (TPSA) is 92.1 Å². The van der Waals surface area contributed by atoms with Crippen molar-refractivity contribution in [2.75, 3.05) is 7.05 Å². The smallest absolute Gasteiger partial charge is 0.270 e. The number of pyridine rings is 1. The summed E-state index contributed by atoms with van der Waals surface area (Å²) in [6, 6.07) is 11.4. The van der Waals surface area contributed by atoms with E-state index in [1.54, 1.807) is 31.1 Å². The van der Waals surface area contributed by atoms with Gasteiger partial charge in [-0.25, -0.2) is 0 Å². The molecule has 0 radical (unpaired) electrons. The maximum Gasteiger partial charge on any atom is 0.270 e. The average molecular weight is 322 g/mol. The Balaban J connectivity index is 1.81. The number of fused-ring (bicyclic) bond motifs is 1. The Morgan fingerprint density at radius 2 is 2.04 bits per heavy atom. The third-order valence-corrected chi connectivity index (χ3v) is 3.93. The Morgan fingerprint density at radius 1 is 1.25 bits per heavy atom. The van der Waals surface area contributed by atoms with Crippen molar-refractivity contribution >= 4 is 22.7 Å². The standard InChI is InChI=1S/C18H18N4O2/c1-11-8-15(17(19)23)21-16(11)18(24)22(2)10-12-5-6-14-13(9-12)4-3-7-20-14/h3-9,21H,10H2,1-2H3,(H2,19,23). The zero-order chi connectivity index (χ0) is 17.3. The Morgan fingerprint density at radius 3 is 2.75 bits per heavy atom. The Kier molecular flexibility index (Phi) is 4.04. The van der Waals surface area contributed by atoms with Gasteiger partial charge in [-0.2, -0.15) is 0 Å². The van der Waals surface area contributed by atoms with E-state index >= 15 is 0 Å². The molecule has 0 bridgehead atoms. The van der Waals surface area contributed by atoms with Gasteiger partial charge in [-0.05, 0) is 42.3 Å². The second-order valence-electron chi connectivity index (χ2n) is 5.80. The minimum absolute atomic E-state index is 0.189. The number of aromatic amines is 1. The number of nitrogens with two attached hydrogens (primary N) is 1. The number of hydrogen-bond acceptors (Lipinski definition) is 3. The number of H-pyrrole nitrogens is 1. The van der Waals surface area contributed by atoms with Crippen molar-refractivity contribution in [1.29, 1.82) is 0 Å².